The van der Waals surface area contributed by atoms with Crippen LogP contribution < -0.4 is 5.32 Å². The van der Waals surface area contributed by atoms with Crippen molar-refractivity contribution >= 4 is 11.6 Å². The number of nitriles is 1. The van der Waals surface area contributed by atoms with Crippen LogP contribution in [0.15, 0.2) is 34.9 Å². The zero-order chi connectivity index (χ0) is 17.9. The summed E-state index contributed by atoms with van der Waals surface area (Å²) in [5.74, 6) is -0.716. The number of benzene rings is 1. The van der Waals surface area contributed by atoms with Crippen molar-refractivity contribution in [2.45, 2.75) is 12.7 Å². The van der Waals surface area contributed by atoms with Crippen molar-refractivity contribution in [2.24, 2.45) is 0 Å². The second-order valence-electron chi connectivity index (χ2n) is 5.37. The second-order valence-corrected chi connectivity index (χ2v) is 5.37. The van der Waals surface area contributed by atoms with Gasteiger partial charge in [-0.15, -0.1) is 0 Å². The average Bonchev–Trinajstić information content (AvgIpc) is 2.96. The summed E-state index contributed by atoms with van der Waals surface area (Å²) in [6, 6.07) is 6.55. The van der Waals surface area contributed by atoms with E-state index in [1.54, 1.807) is 25.1 Å². The fourth-order valence-corrected chi connectivity index (χ4v) is 2.11. The summed E-state index contributed by atoms with van der Waals surface area (Å²) in [4.78, 5) is 13.6. The lowest BCUT2D eigenvalue weighted by atomic mass is 10.1. The maximum Gasteiger partial charge on any atom is 0.416 e. The molecule has 8 heteroatoms. The number of hydrogen-bond acceptors (Lipinski definition) is 4. The van der Waals surface area contributed by atoms with Crippen LogP contribution in [0.1, 0.15) is 27.2 Å². The molecule has 24 heavy (non-hydrogen) atoms. The van der Waals surface area contributed by atoms with Crippen LogP contribution in [0.4, 0.5) is 18.9 Å². The summed E-state index contributed by atoms with van der Waals surface area (Å²) in [7, 11) is 3.34. The molecule has 0 aliphatic carbocycles. The van der Waals surface area contributed by atoms with Crippen LogP contribution in [0.3, 0.4) is 0 Å². The molecule has 0 radical (unpaired) electrons. The Hall–Kier alpha value is -2.79. The van der Waals surface area contributed by atoms with Gasteiger partial charge in [0.2, 0.25) is 5.76 Å². The second kappa shape index (κ2) is 6.76. The predicted molar refractivity (Wildman–Crippen MR) is 80.2 cm³/mol. The number of nitrogens with one attached hydrogen (secondary N) is 1. The molecule has 1 aromatic carbocycles. The SMILES string of the molecule is CN(C)Cc1ccc(NC(=O)c2coc(C#N)c2)cc1C(F)(F)F. The summed E-state index contributed by atoms with van der Waals surface area (Å²) in [6.07, 6.45) is -3.46. The van der Waals surface area contributed by atoms with Crippen LogP contribution in [0.25, 0.3) is 0 Å². The van der Waals surface area contributed by atoms with Gasteiger partial charge in [-0.2, -0.15) is 18.4 Å². The number of carbonyl (C=O) groups is 1. The standard InChI is InChI=1S/C16H14F3N3O2/c1-22(2)8-10-3-4-12(6-14(10)16(17,18)19)21-15(23)11-5-13(7-20)24-9-11/h3-6,9H,8H2,1-2H3,(H,21,23). The molecule has 126 valence electrons. The number of carbonyl (C=O) groups excluding carboxylic acids is 1. The highest BCUT2D eigenvalue weighted by Crippen LogP contribution is 2.34. The summed E-state index contributed by atoms with van der Waals surface area (Å²) in [5, 5.41) is 11.0. The highest BCUT2D eigenvalue weighted by atomic mass is 19.4. The molecule has 2 aromatic rings. The molecule has 0 saturated heterocycles. The van der Waals surface area contributed by atoms with E-state index in [0.717, 1.165) is 12.3 Å². The maximum absolute atomic E-state index is 13.2. The number of rotatable bonds is 4. The Morgan fingerprint density at radius 1 is 1.33 bits per heavy atom. The molecule has 5 nitrogen and oxygen atoms in total. The van der Waals surface area contributed by atoms with Gasteiger partial charge in [0.25, 0.3) is 5.91 Å². The molecule has 0 saturated carbocycles. The molecule has 0 fully saturated rings. The van der Waals surface area contributed by atoms with Gasteiger partial charge in [0.05, 0.1) is 11.1 Å². The van der Waals surface area contributed by atoms with Crippen molar-refractivity contribution in [1.29, 1.82) is 5.26 Å². The first-order valence-corrected chi connectivity index (χ1v) is 6.85. The number of halogens is 3. The van der Waals surface area contributed by atoms with E-state index in [9.17, 15) is 18.0 Å². The summed E-state index contributed by atoms with van der Waals surface area (Å²) >= 11 is 0. The Bertz CT molecular complexity index is 789. The number of furan rings is 1. The Labute approximate surface area is 136 Å². The van der Waals surface area contributed by atoms with E-state index < -0.39 is 17.6 Å². The average molecular weight is 337 g/mol. The van der Waals surface area contributed by atoms with Crippen molar-refractivity contribution < 1.29 is 22.4 Å². The Morgan fingerprint density at radius 3 is 2.58 bits per heavy atom. The lowest BCUT2D eigenvalue weighted by Crippen LogP contribution is -2.18. The number of amides is 1. The number of nitrogens with zero attached hydrogens (tertiary/aromatic N) is 2. The molecule has 0 atom stereocenters. The molecule has 0 bridgehead atoms. The first kappa shape index (κ1) is 17.6. The quantitative estimate of drug-likeness (QED) is 0.927. The fourth-order valence-electron chi connectivity index (χ4n) is 2.11. The smallest absolute Gasteiger partial charge is 0.416 e. The van der Waals surface area contributed by atoms with E-state index in [2.05, 4.69) is 5.32 Å². The molecule has 2 rings (SSSR count). The molecule has 0 unspecified atom stereocenters. The highest BCUT2D eigenvalue weighted by molar-refractivity contribution is 6.04. The van der Waals surface area contributed by atoms with E-state index in [1.165, 1.54) is 18.2 Å². The van der Waals surface area contributed by atoms with Crippen molar-refractivity contribution in [3.05, 3.63) is 53.0 Å². The third kappa shape index (κ3) is 4.14. The topological polar surface area (TPSA) is 69.3 Å². The van der Waals surface area contributed by atoms with Crippen LogP contribution in [-0.2, 0) is 12.7 Å². The van der Waals surface area contributed by atoms with Gasteiger partial charge in [0, 0.05) is 18.3 Å². The monoisotopic (exact) mass is 337 g/mol. The third-order valence-corrected chi connectivity index (χ3v) is 3.13. The third-order valence-electron chi connectivity index (χ3n) is 3.13. The van der Waals surface area contributed by atoms with E-state index >= 15 is 0 Å². The lowest BCUT2D eigenvalue weighted by Gasteiger charge is -2.17. The van der Waals surface area contributed by atoms with Gasteiger partial charge in [-0.1, -0.05) is 6.07 Å². The van der Waals surface area contributed by atoms with Gasteiger partial charge in [-0.3, -0.25) is 4.79 Å². The molecule has 0 spiro atoms. The Balaban J connectivity index is 2.28. The first-order chi connectivity index (χ1) is 11.2. The summed E-state index contributed by atoms with van der Waals surface area (Å²) < 4.78 is 44.4. The summed E-state index contributed by atoms with van der Waals surface area (Å²) in [6.45, 7) is 0.121. The minimum atomic E-state index is -4.53. The first-order valence-electron chi connectivity index (χ1n) is 6.85. The van der Waals surface area contributed by atoms with Crippen molar-refractivity contribution in [2.75, 3.05) is 19.4 Å². The van der Waals surface area contributed by atoms with E-state index in [1.807, 2.05) is 0 Å². The highest BCUT2D eigenvalue weighted by Gasteiger charge is 2.33. The Kier molecular flexibility index (Phi) is 4.95. The van der Waals surface area contributed by atoms with Crippen LogP contribution in [-0.4, -0.2) is 24.9 Å². The van der Waals surface area contributed by atoms with Crippen LogP contribution >= 0.6 is 0 Å². The molecule has 0 aliphatic rings. The number of anilines is 1. The van der Waals surface area contributed by atoms with Crippen molar-refractivity contribution in [3.8, 4) is 6.07 Å². The fraction of sp³-hybridized carbons (Fsp3) is 0.250. The van der Waals surface area contributed by atoms with Crippen LogP contribution in [0, 0.1) is 11.3 Å². The van der Waals surface area contributed by atoms with Gasteiger partial charge >= 0.3 is 6.18 Å². The molecule has 0 aliphatic heterocycles. The van der Waals surface area contributed by atoms with E-state index in [0.29, 0.717) is 0 Å². The molecule has 1 aromatic heterocycles. The van der Waals surface area contributed by atoms with Gasteiger partial charge in [0.15, 0.2) is 0 Å². The maximum atomic E-state index is 13.2. The molecule has 1 amide bonds. The number of hydrogen-bond donors (Lipinski definition) is 1. The number of alkyl halides is 3. The zero-order valence-corrected chi connectivity index (χ0v) is 12.9. The normalized spacial score (nSPS) is 11.4. The minimum Gasteiger partial charge on any atom is -0.453 e. The van der Waals surface area contributed by atoms with Crippen LogP contribution in [0.2, 0.25) is 0 Å². The van der Waals surface area contributed by atoms with Crippen LogP contribution in [0.5, 0.6) is 0 Å². The largest absolute Gasteiger partial charge is 0.453 e. The van der Waals surface area contributed by atoms with Crippen molar-refractivity contribution in [1.82, 2.24) is 4.90 Å². The summed E-state index contributed by atoms with van der Waals surface area (Å²) in [5.41, 5.74) is -0.633. The predicted octanol–water partition coefficient (Wildman–Crippen LogP) is 3.48. The van der Waals surface area contributed by atoms with E-state index in [4.69, 9.17) is 9.68 Å². The van der Waals surface area contributed by atoms with E-state index in [-0.39, 0.29) is 29.1 Å². The molecular weight excluding hydrogens is 323 g/mol. The van der Waals surface area contributed by atoms with Gasteiger partial charge in [-0.05, 0) is 31.8 Å². The van der Waals surface area contributed by atoms with Gasteiger partial charge in [-0.25, -0.2) is 0 Å². The van der Waals surface area contributed by atoms with Gasteiger partial charge < -0.3 is 14.6 Å². The Morgan fingerprint density at radius 2 is 2.04 bits per heavy atom. The van der Waals surface area contributed by atoms with Crippen molar-refractivity contribution in [3.63, 3.8) is 0 Å². The molecular formula is C16H14F3N3O2. The zero-order valence-electron chi connectivity index (χ0n) is 12.9. The molecule has 1 N–H and O–H groups in total. The minimum absolute atomic E-state index is 0.00883. The van der Waals surface area contributed by atoms with Gasteiger partial charge in [0.1, 0.15) is 12.3 Å². The lowest BCUT2D eigenvalue weighted by molar-refractivity contribution is -0.138. The molecule has 1 heterocycles.